The van der Waals surface area contributed by atoms with Gasteiger partial charge in [0.2, 0.25) is 0 Å². The molecule has 0 aliphatic carbocycles. The van der Waals surface area contributed by atoms with Crippen molar-refractivity contribution in [2.75, 3.05) is 13.2 Å². The Morgan fingerprint density at radius 2 is 1.52 bits per heavy atom. The molecule has 6 heteroatoms. The van der Waals surface area contributed by atoms with Crippen LogP contribution in [0.1, 0.15) is 5.56 Å². The van der Waals surface area contributed by atoms with E-state index in [0.717, 1.165) is 16.7 Å². The first-order valence-electron chi connectivity index (χ1n) is 8.94. The maximum absolute atomic E-state index is 11.9. The van der Waals surface area contributed by atoms with Gasteiger partial charge in [0.1, 0.15) is 17.6 Å². The van der Waals surface area contributed by atoms with E-state index in [2.05, 4.69) is 10.5 Å². The molecular formula is C23H19N3O3. The van der Waals surface area contributed by atoms with Gasteiger partial charge >= 0.3 is 0 Å². The molecule has 1 amide bonds. The molecule has 0 unspecified atom stereocenters. The molecule has 0 saturated heterocycles. The van der Waals surface area contributed by atoms with Crippen molar-refractivity contribution in [3.05, 3.63) is 84.4 Å². The maximum atomic E-state index is 11.9. The predicted octanol–water partition coefficient (Wildman–Crippen LogP) is 3.79. The van der Waals surface area contributed by atoms with Crippen molar-refractivity contribution < 1.29 is 14.3 Å². The van der Waals surface area contributed by atoms with Crippen LogP contribution in [0.25, 0.3) is 11.1 Å². The van der Waals surface area contributed by atoms with Gasteiger partial charge in [-0.15, -0.1) is 0 Å². The summed E-state index contributed by atoms with van der Waals surface area (Å²) < 4.78 is 10.7. The molecule has 0 fully saturated rings. The van der Waals surface area contributed by atoms with Crippen molar-refractivity contribution in [3.63, 3.8) is 0 Å². The van der Waals surface area contributed by atoms with Gasteiger partial charge in [-0.1, -0.05) is 42.5 Å². The molecule has 1 N–H and O–H groups in total. The summed E-state index contributed by atoms with van der Waals surface area (Å²) in [5.74, 6) is 0.846. The summed E-state index contributed by atoms with van der Waals surface area (Å²) in [6.45, 7) is -0.137. The molecule has 0 saturated carbocycles. The molecule has 0 spiro atoms. The number of rotatable bonds is 8. The number of hydrogen-bond donors (Lipinski definition) is 1. The molecule has 144 valence electrons. The number of nitrogens with zero attached hydrogens (tertiary/aromatic N) is 2. The lowest BCUT2D eigenvalue weighted by molar-refractivity contribution is -0.123. The highest BCUT2D eigenvalue weighted by Gasteiger charge is 2.02. The van der Waals surface area contributed by atoms with Crippen LogP contribution < -0.4 is 14.9 Å². The molecule has 0 aliphatic heterocycles. The van der Waals surface area contributed by atoms with Crippen LogP contribution in [0.2, 0.25) is 0 Å². The highest BCUT2D eigenvalue weighted by atomic mass is 16.5. The zero-order valence-corrected chi connectivity index (χ0v) is 15.6. The number of amides is 1. The van der Waals surface area contributed by atoms with Gasteiger partial charge in [-0.3, -0.25) is 4.79 Å². The molecule has 29 heavy (non-hydrogen) atoms. The van der Waals surface area contributed by atoms with Crippen LogP contribution in [0.3, 0.4) is 0 Å². The summed E-state index contributed by atoms with van der Waals surface area (Å²) >= 11 is 0. The topological polar surface area (TPSA) is 83.7 Å². The Morgan fingerprint density at radius 1 is 0.897 bits per heavy atom. The standard InChI is InChI=1S/C23H19N3O3/c24-14-15-28-21-10-6-18(7-11-21)16-25-26-23(27)17-29-22-12-8-20(9-13-22)19-4-2-1-3-5-19/h1-13,16H,15,17H2,(H,26,27)/b25-16-. The van der Waals surface area contributed by atoms with Crippen molar-refractivity contribution in [1.29, 1.82) is 5.26 Å². The third-order valence-electron chi connectivity index (χ3n) is 3.92. The number of nitriles is 1. The lowest BCUT2D eigenvalue weighted by atomic mass is 10.1. The first-order valence-corrected chi connectivity index (χ1v) is 8.94. The van der Waals surface area contributed by atoms with Gasteiger partial charge in [0.15, 0.2) is 13.2 Å². The van der Waals surface area contributed by atoms with E-state index in [9.17, 15) is 4.79 Å². The van der Waals surface area contributed by atoms with Gasteiger partial charge in [-0.25, -0.2) is 5.43 Å². The quantitative estimate of drug-likeness (QED) is 0.472. The summed E-state index contributed by atoms with van der Waals surface area (Å²) in [5, 5.41) is 12.4. The number of nitrogens with one attached hydrogen (secondary N) is 1. The van der Waals surface area contributed by atoms with Gasteiger partial charge in [0.25, 0.3) is 5.91 Å². The molecule has 6 nitrogen and oxygen atoms in total. The molecule has 3 aromatic rings. The van der Waals surface area contributed by atoms with Gasteiger partial charge in [0, 0.05) is 0 Å². The molecule has 3 aromatic carbocycles. The minimum Gasteiger partial charge on any atom is -0.484 e. The van der Waals surface area contributed by atoms with E-state index in [1.165, 1.54) is 6.21 Å². The second kappa shape index (κ2) is 10.3. The number of ether oxygens (including phenoxy) is 2. The normalized spacial score (nSPS) is 10.3. The summed E-state index contributed by atoms with van der Waals surface area (Å²) in [5.41, 5.74) is 5.40. The SMILES string of the molecule is N#CCOc1ccc(/C=N\NC(=O)COc2ccc(-c3ccccc3)cc2)cc1. The van der Waals surface area contributed by atoms with E-state index in [4.69, 9.17) is 14.7 Å². The zero-order chi connectivity index (χ0) is 20.3. The fourth-order valence-electron chi connectivity index (χ4n) is 2.50. The Morgan fingerprint density at radius 3 is 2.21 bits per heavy atom. The lowest BCUT2D eigenvalue weighted by Gasteiger charge is -2.06. The minimum atomic E-state index is -0.359. The Hall–Kier alpha value is -4.11. The monoisotopic (exact) mass is 385 g/mol. The van der Waals surface area contributed by atoms with E-state index in [1.54, 1.807) is 24.3 Å². The van der Waals surface area contributed by atoms with Gasteiger partial charge in [-0.05, 0) is 53.1 Å². The highest BCUT2D eigenvalue weighted by molar-refractivity contribution is 5.83. The fourth-order valence-corrected chi connectivity index (χ4v) is 2.50. The zero-order valence-electron chi connectivity index (χ0n) is 15.6. The largest absolute Gasteiger partial charge is 0.484 e. The first-order chi connectivity index (χ1) is 14.2. The number of benzene rings is 3. The van der Waals surface area contributed by atoms with Crippen LogP contribution in [0.15, 0.2) is 84.0 Å². The van der Waals surface area contributed by atoms with Crippen molar-refractivity contribution in [3.8, 4) is 28.7 Å². The molecular weight excluding hydrogens is 366 g/mol. The van der Waals surface area contributed by atoms with E-state index in [-0.39, 0.29) is 19.1 Å². The number of carbonyl (C=O) groups excluding carboxylic acids is 1. The lowest BCUT2D eigenvalue weighted by Crippen LogP contribution is -2.24. The first kappa shape index (κ1) is 19.6. The molecule has 0 bridgehead atoms. The van der Waals surface area contributed by atoms with Crippen molar-refractivity contribution in [1.82, 2.24) is 5.43 Å². The van der Waals surface area contributed by atoms with Crippen LogP contribution in [0.5, 0.6) is 11.5 Å². The average molecular weight is 385 g/mol. The maximum Gasteiger partial charge on any atom is 0.277 e. The van der Waals surface area contributed by atoms with Crippen molar-refractivity contribution in [2.45, 2.75) is 0 Å². The highest BCUT2D eigenvalue weighted by Crippen LogP contribution is 2.21. The smallest absolute Gasteiger partial charge is 0.277 e. The summed E-state index contributed by atoms with van der Waals surface area (Å²) in [6, 6.07) is 26.5. The van der Waals surface area contributed by atoms with Crippen LogP contribution in [-0.4, -0.2) is 25.3 Å². The van der Waals surface area contributed by atoms with Crippen molar-refractivity contribution >= 4 is 12.1 Å². The minimum absolute atomic E-state index is 0.00151. The van der Waals surface area contributed by atoms with E-state index in [1.807, 2.05) is 60.7 Å². The summed E-state index contributed by atoms with van der Waals surface area (Å²) in [4.78, 5) is 11.9. The summed E-state index contributed by atoms with van der Waals surface area (Å²) in [6.07, 6.45) is 1.51. The second-order valence-electron chi connectivity index (χ2n) is 5.99. The van der Waals surface area contributed by atoms with Crippen molar-refractivity contribution in [2.24, 2.45) is 5.10 Å². The van der Waals surface area contributed by atoms with E-state index < -0.39 is 0 Å². The Labute approximate surface area is 169 Å². The van der Waals surface area contributed by atoms with Crippen LogP contribution in [0, 0.1) is 11.3 Å². The fraction of sp³-hybridized carbons (Fsp3) is 0.0870. The molecule has 0 heterocycles. The number of hydrazone groups is 1. The van der Waals surface area contributed by atoms with E-state index in [0.29, 0.717) is 11.5 Å². The molecule has 0 aromatic heterocycles. The Bertz CT molecular complexity index is 992. The van der Waals surface area contributed by atoms with Gasteiger partial charge in [0.05, 0.1) is 6.21 Å². The molecule has 0 aliphatic rings. The van der Waals surface area contributed by atoms with Crippen LogP contribution in [-0.2, 0) is 4.79 Å². The third-order valence-corrected chi connectivity index (χ3v) is 3.92. The number of hydrogen-bond acceptors (Lipinski definition) is 5. The second-order valence-corrected chi connectivity index (χ2v) is 5.99. The van der Waals surface area contributed by atoms with Crippen LogP contribution >= 0.6 is 0 Å². The molecule has 3 rings (SSSR count). The van der Waals surface area contributed by atoms with Gasteiger partial charge < -0.3 is 9.47 Å². The number of carbonyl (C=O) groups is 1. The Balaban J connectivity index is 1.44. The van der Waals surface area contributed by atoms with Crippen LogP contribution in [0.4, 0.5) is 0 Å². The van der Waals surface area contributed by atoms with E-state index >= 15 is 0 Å². The third kappa shape index (κ3) is 6.22. The Kier molecular flexibility index (Phi) is 6.97. The molecule has 0 atom stereocenters. The predicted molar refractivity (Wildman–Crippen MR) is 111 cm³/mol. The van der Waals surface area contributed by atoms with Gasteiger partial charge in [-0.2, -0.15) is 10.4 Å². The molecule has 0 radical (unpaired) electrons. The average Bonchev–Trinajstić information content (AvgIpc) is 2.78. The summed E-state index contributed by atoms with van der Waals surface area (Å²) in [7, 11) is 0.